The second-order valence-corrected chi connectivity index (χ2v) is 7.09. The average molecular weight is 365 g/mol. The fraction of sp³-hybridized carbons (Fsp3) is 0.727. The van der Waals surface area contributed by atoms with Crippen molar-refractivity contribution in [3.63, 3.8) is 0 Å². The van der Waals surface area contributed by atoms with Crippen molar-refractivity contribution in [1.29, 1.82) is 0 Å². The van der Waals surface area contributed by atoms with Gasteiger partial charge in [-0.25, -0.2) is 9.59 Å². The van der Waals surface area contributed by atoms with E-state index in [4.69, 9.17) is 9.47 Å². The SMILES string of the molecule is CCCCCCC1CC=CC(=O)O1.CCCCCCC1CC=CC(=O)O1. The molecule has 0 saturated carbocycles. The molecular weight excluding hydrogens is 328 g/mol. The van der Waals surface area contributed by atoms with Crippen LogP contribution in [0.3, 0.4) is 0 Å². The number of esters is 2. The normalized spacial score (nSPS) is 21.6. The number of cyclic esters (lactones) is 2. The molecule has 0 aliphatic carbocycles. The lowest BCUT2D eigenvalue weighted by atomic mass is 10.1. The molecule has 0 bridgehead atoms. The van der Waals surface area contributed by atoms with E-state index in [0.29, 0.717) is 0 Å². The number of carbonyl (C=O) groups is 2. The Balaban J connectivity index is 0.000000260. The Kier molecular flexibility index (Phi) is 12.6. The quantitative estimate of drug-likeness (QED) is 0.371. The summed E-state index contributed by atoms with van der Waals surface area (Å²) in [6.45, 7) is 4.40. The highest BCUT2D eigenvalue weighted by atomic mass is 16.5. The van der Waals surface area contributed by atoms with Crippen LogP contribution in [0, 0.1) is 0 Å². The molecule has 0 amide bonds. The Labute approximate surface area is 159 Å². The van der Waals surface area contributed by atoms with Gasteiger partial charge in [-0.05, 0) is 25.7 Å². The lowest BCUT2D eigenvalue weighted by Gasteiger charge is -2.18. The summed E-state index contributed by atoms with van der Waals surface area (Å²) in [4.78, 5) is 21.7. The number of ether oxygens (including phenoxy) is 2. The Morgan fingerprint density at radius 2 is 1.15 bits per heavy atom. The molecule has 4 nitrogen and oxygen atoms in total. The molecule has 2 aliphatic rings. The summed E-state index contributed by atoms with van der Waals surface area (Å²) >= 11 is 0. The zero-order chi connectivity index (χ0) is 19.0. The standard InChI is InChI=1S/2C11H18O2/c2*1-2-3-4-5-7-10-8-6-9-11(12)13-10/h2*6,9-10H,2-5,7-8H2,1H3. The van der Waals surface area contributed by atoms with Crippen molar-refractivity contribution < 1.29 is 19.1 Å². The monoisotopic (exact) mass is 364 g/mol. The van der Waals surface area contributed by atoms with Gasteiger partial charge in [0.25, 0.3) is 0 Å². The highest BCUT2D eigenvalue weighted by Crippen LogP contribution is 2.16. The van der Waals surface area contributed by atoms with Crippen molar-refractivity contribution in [2.75, 3.05) is 0 Å². The van der Waals surface area contributed by atoms with Gasteiger partial charge in [-0.2, -0.15) is 0 Å². The minimum absolute atomic E-state index is 0.148. The van der Waals surface area contributed by atoms with Crippen molar-refractivity contribution >= 4 is 11.9 Å². The summed E-state index contributed by atoms with van der Waals surface area (Å²) in [6.07, 6.45) is 21.0. The minimum atomic E-state index is -0.174. The van der Waals surface area contributed by atoms with Gasteiger partial charge in [-0.15, -0.1) is 0 Å². The fourth-order valence-corrected chi connectivity index (χ4v) is 3.09. The van der Waals surface area contributed by atoms with E-state index in [2.05, 4.69) is 13.8 Å². The van der Waals surface area contributed by atoms with Crippen LogP contribution in [0.1, 0.15) is 90.9 Å². The van der Waals surface area contributed by atoms with E-state index in [-0.39, 0.29) is 24.1 Å². The molecule has 4 heteroatoms. The van der Waals surface area contributed by atoms with E-state index in [9.17, 15) is 9.59 Å². The molecule has 2 rings (SSSR count). The predicted molar refractivity (Wildman–Crippen MR) is 105 cm³/mol. The first-order valence-corrected chi connectivity index (χ1v) is 10.4. The largest absolute Gasteiger partial charge is 0.459 e. The van der Waals surface area contributed by atoms with Gasteiger partial charge in [0.1, 0.15) is 12.2 Å². The molecule has 0 fully saturated rings. The Morgan fingerprint density at radius 1 is 0.731 bits per heavy atom. The third-order valence-electron chi connectivity index (χ3n) is 4.63. The second-order valence-electron chi connectivity index (χ2n) is 7.09. The summed E-state index contributed by atoms with van der Waals surface area (Å²) in [7, 11) is 0. The highest BCUT2D eigenvalue weighted by Gasteiger charge is 2.15. The summed E-state index contributed by atoms with van der Waals surface area (Å²) in [5.74, 6) is -0.349. The topological polar surface area (TPSA) is 52.6 Å². The highest BCUT2D eigenvalue weighted by molar-refractivity contribution is 5.83. The summed E-state index contributed by atoms with van der Waals surface area (Å²) < 4.78 is 10.3. The Bertz CT molecular complexity index is 411. The van der Waals surface area contributed by atoms with Crippen LogP contribution in [0.25, 0.3) is 0 Å². The molecule has 0 N–H and O–H groups in total. The molecule has 148 valence electrons. The van der Waals surface area contributed by atoms with Gasteiger partial charge in [0.05, 0.1) is 0 Å². The van der Waals surface area contributed by atoms with Crippen molar-refractivity contribution in [3.8, 4) is 0 Å². The van der Waals surface area contributed by atoms with Crippen LogP contribution in [-0.2, 0) is 19.1 Å². The summed E-state index contributed by atoms with van der Waals surface area (Å²) in [5, 5.41) is 0. The lowest BCUT2D eigenvalue weighted by Crippen LogP contribution is -2.19. The van der Waals surface area contributed by atoms with E-state index in [1.165, 1.54) is 63.5 Å². The maximum atomic E-state index is 10.9. The number of unbranched alkanes of at least 4 members (excludes halogenated alkanes) is 6. The lowest BCUT2D eigenvalue weighted by molar-refractivity contribution is -0.145. The Morgan fingerprint density at radius 3 is 1.50 bits per heavy atom. The number of hydrogen-bond donors (Lipinski definition) is 0. The van der Waals surface area contributed by atoms with Gasteiger partial charge in [0.2, 0.25) is 0 Å². The van der Waals surface area contributed by atoms with Crippen molar-refractivity contribution in [2.45, 2.75) is 103 Å². The summed E-state index contributed by atoms with van der Waals surface area (Å²) in [6, 6.07) is 0. The van der Waals surface area contributed by atoms with E-state index in [0.717, 1.165) is 25.7 Å². The van der Waals surface area contributed by atoms with Gasteiger partial charge in [-0.1, -0.05) is 64.5 Å². The first kappa shape index (κ1) is 22.5. The maximum Gasteiger partial charge on any atom is 0.330 e. The van der Waals surface area contributed by atoms with Crippen molar-refractivity contribution in [1.82, 2.24) is 0 Å². The van der Waals surface area contributed by atoms with Crippen molar-refractivity contribution in [2.24, 2.45) is 0 Å². The molecule has 0 saturated heterocycles. The zero-order valence-electron chi connectivity index (χ0n) is 16.6. The van der Waals surface area contributed by atoms with Gasteiger partial charge in [0.15, 0.2) is 0 Å². The zero-order valence-corrected chi connectivity index (χ0v) is 16.6. The molecule has 0 aromatic heterocycles. The van der Waals surface area contributed by atoms with Gasteiger partial charge >= 0.3 is 11.9 Å². The maximum absolute atomic E-state index is 10.9. The van der Waals surface area contributed by atoms with E-state index < -0.39 is 0 Å². The smallest absolute Gasteiger partial charge is 0.330 e. The molecule has 0 spiro atoms. The molecule has 2 aliphatic heterocycles. The van der Waals surface area contributed by atoms with Gasteiger partial charge < -0.3 is 9.47 Å². The molecule has 2 atom stereocenters. The summed E-state index contributed by atoms with van der Waals surface area (Å²) in [5.41, 5.74) is 0. The first-order valence-electron chi connectivity index (χ1n) is 10.4. The third kappa shape index (κ3) is 11.1. The van der Waals surface area contributed by atoms with E-state index >= 15 is 0 Å². The van der Waals surface area contributed by atoms with Crippen LogP contribution in [0.5, 0.6) is 0 Å². The van der Waals surface area contributed by atoms with E-state index in [1.54, 1.807) is 0 Å². The van der Waals surface area contributed by atoms with E-state index in [1.807, 2.05) is 12.2 Å². The molecule has 0 aromatic carbocycles. The predicted octanol–water partition coefficient (Wildman–Crippen LogP) is 5.66. The number of rotatable bonds is 10. The molecule has 26 heavy (non-hydrogen) atoms. The third-order valence-corrected chi connectivity index (χ3v) is 4.63. The molecule has 0 radical (unpaired) electrons. The van der Waals surface area contributed by atoms with Crippen LogP contribution in [0.2, 0.25) is 0 Å². The van der Waals surface area contributed by atoms with Gasteiger partial charge in [-0.3, -0.25) is 0 Å². The molecular formula is C22H36O4. The average Bonchev–Trinajstić information content (AvgIpc) is 2.63. The van der Waals surface area contributed by atoms with Crippen LogP contribution < -0.4 is 0 Å². The molecule has 2 unspecified atom stereocenters. The van der Waals surface area contributed by atoms with Crippen LogP contribution in [0.4, 0.5) is 0 Å². The second kappa shape index (κ2) is 14.6. The molecule has 2 heterocycles. The minimum Gasteiger partial charge on any atom is -0.459 e. The number of hydrogen-bond acceptors (Lipinski definition) is 4. The first-order chi connectivity index (χ1) is 12.7. The van der Waals surface area contributed by atoms with Crippen LogP contribution in [-0.4, -0.2) is 24.1 Å². The van der Waals surface area contributed by atoms with Crippen LogP contribution >= 0.6 is 0 Å². The Hall–Kier alpha value is -1.58. The van der Waals surface area contributed by atoms with Crippen LogP contribution in [0.15, 0.2) is 24.3 Å². The fourth-order valence-electron chi connectivity index (χ4n) is 3.09. The van der Waals surface area contributed by atoms with Gasteiger partial charge in [0, 0.05) is 25.0 Å². The number of carbonyl (C=O) groups excluding carboxylic acids is 2. The molecule has 0 aromatic rings. The van der Waals surface area contributed by atoms with Crippen molar-refractivity contribution in [3.05, 3.63) is 24.3 Å².